The number of nitrogens with zero attached hydrogens (tertiary/aromatic N) is 2. The number of amides is 1. The molecule has 1 saturated heterocycles. The van der Waals surface area contributed by atoms with Gasteiger partial charge in [0.2, 0.25) is 10.0 Å². The monoisotopic (exact) mass is 418 g/mol. The minimum atomic E-state index is -3.98. The van der Waals surface area contributed by atoms with Crippen molar-refractivity contribution >= 4 is 21.9 Å². The predicted octanol–water partition coefficient (Wildman–Crippen LogP) is 1.44. The molecule has 4 rings (SSSR count). The fourth-order valence-corrected chi connectivity index (χ4v) is 5.10. The second-order valence-corrected chi connectivity index (χ2v) is 8.82. The van der Waals surface area contributed by atoms with Gasteiger partial charge < -0.3 is 9.64 Å². The summed E-state index contributed by atoms with van der Waals surface area (Å²) in [6.45, 7) is 0.365. The lowest BCUT2D eigenvalue weighted by Gasteiger charge is -2.36. The first-order chi connectivity index (χ1) is 13.9. The fraction of sp³-hybridized carbons (Fsp3) is 0.300. The van der Waals surface area contributed by atoms with E-state index in [1.165, 1.54) is 23.1 Å². The average Bonchev–Trinajstić information content (AvgIpc) is 2.73. The van der Waals surface area contributed by atoms with Crippen LogP contribution in [0.25, 0.3) is 0 Å². The van der Waals surface area contributed by atoms with Crippen LogP contribution in [0.1, 0.15) is 15.9 Å². The lowest BCUT2D eigenvalue weighted by molar-refractivity contribution is -0.142. The zero-order valence-electron chi connectivity index (χ0n) is 15.5. The molecular formula is C20H19FN2O5S. The van der Waals surface area contributed by atoms with Gasteiger partial charge in [-0.2, -0.15) is 4.31 Å². The van der Waals surface area contributed by atoms with Gasteiger partial charge in [-0.1, -0.05) is 30.3 Å². The number of benzene rings is 2. The number of halogens is 1. The minimum Gasteiger partial charge on any atom is -0.448 e. The molecule has 1 atom stereocenters. The number of hydrogen-bond acceptors (Lipinski definition) is 5. The molecule has 152 valence electrons. The van der Waals surface area contributed by atoms with E-state index in [1.54, 1.807) is 24.3 Å². The highest BCUT2D eigenvalue weighted by atomic mass is 32.2. The number of carbonyl (C=O) groups is 2. The Hall–Kier alpha value is -2.78. The molecule has 2 heterocycles. The maximum Gasteiger partial charge on any atom is 0.339 e. The van der Waals surface area contributed by atoms with Gasteiger partial charge in [0.25, 0.3) is 5.91 Å². The maximum atomic E-state index is 13.9. The molecule has 2 aromatic carbocycles. The Morgan fingerprint density at radius 3 is 2.38 bits per heavy atom. The van der Waals surface area contributed by atoms with Crippen LogP contribution in [0.5, 0.6) is 0 Å². The van der Waals surface area contributed by atoms with Crippen molar-refractivity contribution in [1.82, 2.24) is 9.21 Å². The van der Waals surface area contributed by atoms with Crippen LogP contribution < -0.4 is 0 Å². The van der Waals surface area contributed by atoms with E-state index in [9.17, 15) is 22.4 Å². The van der Waals surface area contributed by atoms with Gasteiger partial charge in [0.15, 0.2) is 6.10 Å². The normalized spacial score (nSPS) is 20.1. The maximum absolute atomic E-state index is 13.9. The molecule has 0 radical (unpaired) electrons. The first-order valence-corrected chi connectivity index (χ1v) is 10.6. The van der Waals surface area contributed by atoms with E-state index in [0.29, 0.717) is 5.56 Å². The Morgan fingerprint density at radius 1 is 1.00 bits per heavy atom. The summed E-state index contributed by atoms with van der Waals surface area (Å²) in [5, 5.41) is 0. The number of cyclic esters (lactones) is 1. The smallest absolute Gasteiger partial charge is 0.339 e. The molecule has 0 bridgehead atoms. The minimum absolute atomic E-state index is 0.0413. The molecule has 2 aromatic rings. The van der Waals surface area contributed by atoms with E-state index in [4.69, 9.17) is 4.74 Å². The average molecular weight is 418 g/mol. The highest BCUT2D eigenvalue weighted by Crippen LogP contribution is 2.24. The van der Waals surface area contributed by atoms with Crippen molar-refractivity contribution in [3.05, 3.63) is 65.5 Å². The second-order valence-electron chi connectivity index (χ2n) is 6.92. The number of piperazine rings is 1. The molecule has 0 unspecified atom stereocenters. The summed E-state index contributed by atoms with van der Waals surface area (Å²) in [5.41, 5.74) is 1.21. The molecule has 0 saturated carbocycles. The Kier molecular flexibility index (Phi) is 5.10. The van der Waals surface area contributed by atoms with Crippen LogP contribution in [0.15, 0.2) is 53.4 Å². The highest BCUT2D eigenvalue weighted by molar-refractivity contribution is 7.89. The van der Waals surface area contributed by atoms with E-state index < -0.39 is 27.9 Å². The summed E-state index contributed by atoms with van der Waals surface area (Å²) in [4.78, 5) is 26.1. The van der Waals surface area contributed by atoms with Crippen LogP contribution >= 0.6 is 0 Å². The van der Waals surface area contributed by atoms with E-state index in [-0.39, 0.29) is 43.4 Å². The predicted molar refractivity (Wildman–Crippen MR) is 101 cm³/mol. The molecule has 29 heavy (non-hydrogen) atoms. The molecule has 7 nitrogen and oxygen atoms in total. The molecule has 9 heteroatoms. The van der Waals surface area contributed by atoms with Gasteiger partial charge in [0, 0.05) is 32.6 Å². The summed E-state index contributed by atoms with van der Waals surface area (Å²) in [7, 11) is -3.98. The van der Waals surface area contributed by atoms with E-state index >= 15 is 0 Å². The van der Waals surface area contributed by atoms with Gasteiger partial charge in [0.05, 0.1) is 5.56 Å². The third kappa shape index (κ3) is 3.63. The van der Waals surface area contributed by atoms with Crippen LogP contribution in [-0.4, -0.2) is 61.8 Å². The van der Waals surface area contributed by atoms with Crippen molar-refractivity contribution in [2.75, 3.05) is 26.2 Å². The zero-order chi connectivity index (χ0) is 20.6. The zero-order valence-corrected chi connectivity index (χ0v) is 16.3. The lowest BCUT2D eigenvalue weighted by Crippen LogP contribution is -2.54. The lowest BCUT2D eigenvalue weighted by atomic mass is 9.98. The number of hydrogen-bond donors (Lipinski definition) is 0. The summed E-state index contributed by atoms with van der Waals surface area (Å²) in [6, 6.07) is 12.2. The van der Waals surface area contributed by atoms with E-state index in [2.05, 4.69) is 0 Å². The van der Waals surface area contributed by atoms with Crippen LogP contribution in [-0.2, 0) is 26.0 Å². The molecule has 0 spiro atoms. The fourth-order valence-electron chi connectivity index (χ4n) is 3.61. The van der Waals surface area contributed by atoms with Crippen LogP contribution in [0.4, 0.5) is 4.39 Å². The highest BCUT2D eigenvalue weighted by Gasteiger charge is 2.37. The molecule has 1 amide bonds. The largest absolute Gasteiger partial charge is 0.448 e. The standard InChI is InChI=1S/C20H19FN2O5S/c21-16-7-3-4-8-18(16)29(26,27)23-11-9-22(10-12-23)19(24)17-13-14-5-1-2-6-15(14)20(25)28-17/h1-8,17H,9-13H2/t17-/m1/s1. The van der Waals surface area contributed by atoms with Crippen molar-refractivity contribution in [2.24, 2.45) is 0 Å². The Labute approximate surface area is 167 Å². The van der Waals surface area contributed by atoms with Crippen LogP contribution in [0, 0.1) is 5.82 Å². The third-order valence-corrected chi connectivity index (χ3v) is 7.10. The third-order valence-electron chi connectivity index (χ3n) is 5.17. The van der Waals surface area contributed by atoms with Gasteiger partial charge in [-0.3, -0.25) is 4.79 Å². The number of fused-ring (bicyclic) bond motifs is 1. The van der Waals surface area contributed by atoms with E-state index in [1.807, 2.05) is 0 Å². The molecular weight excluding hydrogens is 399 g/mol. The molecule has 0 aromatic heterocycles. The summed E-state index contributed by atoms with van der Waals surface area (Å²) >= 11 is 0. The first kappa shape index (κ1) is 19.5. The molecule has 2 aliphatic heterocycles. The Morgan fingerprint density at radius 2 is 1.66 bits per heavy atom. The van der Waals surface area contributed by atoms with Gasteiger partial charge in [0.1, 0.15) is 10.7 Å². The van der Waals surface area contributed by atoms with Gasteiger partial charge in [-0.15, -0.1) is 0 Å². The Bertz CT molecular complexity index is 1060. The van der Waals surface area contributed by atoms with Crippen molar-refractivity contribution in [3.8, 4) is 0 Å². The molecule has 2 aliphatic rings. The molecule has 0 aliphatic carbocycles. The van der Waals surface area contributed by atoms with Crippen LogP contribution in [0.2, 0.25) is 0 Å². The topological polar surface area (TPSA) is 84.0 Å². The van der Waals surface area contributed by atoms with Gasteiger partial charge >= 0.3 is 5.97 Å². The van der Waals surface area contributed by atoms with E-state index in [0.717, 1.165) is 15.9 Å². The van der Waals surface area contributed by atoms with Gasteiger partial charge in [-0.05, 0) is 23.8 Å². The summed E-state index contributed by atoms with van der Waals surface area (Å²) in [6.07, 6.45) is -0.638. The van der Waals surface area contributed by atoms with Crippen molar-refractivity contribution in [2.45, 2.75) is 17.4 Å². The SMILES string of the molecule is O=C1O[C@@H](C(=O)N2CCN(S(=O)(=O)c3ccccc3F)CC2)Cc2ccccc21. The number of carbonyl (C=O) groups excluding carboxylic acids is 2. The summed E-state index contributed by atoms with van der Waals surface area (Å²) < 4.78 is 45.7. The van der Waals surface area contributed by atoms with Crippen molar-refractivity contribution in [3.63, 3.8) is 0 Å². The Balaban J connectivity index is 1.43. The number of sulfonamides is 1. The quantitative estimate of drug-likeness (QED) is 0.705. The van der Waals surface area contributed by atoms with Crippen molar-refractivity contribution < 1.29 is 27.1 Å². The first-order valence-electron chi connectivity index (χ1n) is 9.20. The number of ether oxygens (including phenoxy) is 1. The second kappa shape index (κ2) is 7.57. The number of esters is 1. The summed E-state index contributed by atoms with van der Waals surface area (Å²) in [5.74, 6) is -1.69. The van der Waals surface area contributed by atoms with Crippen molar-refractivity contribution in [1.29, 1.82) is 0 Å². The molecule has 1 fully saturated rings. The number of rotatable bonds is 3. The molecule has 0 N–H and O–H groups in total. The van der Waals surface area contributed by atoms with Crippen LogP contribution in [0.3, 0.4) is 0 Å². The van der Waals surface area contributed by atoms with Gasteiger partial charge in [-0.25, -0.2) is 17.6 Å².